The van der Waals surface area contributed by atoms with Crippen molar-refractivity contribution >= 4 is 46.7 Å². The molecule has 1 N–H and O–H groups in total. The fraction of sp³-hybridized carbons (Fsp3) is 0.273. The van der Waals surface area contributed by atoms with Gasteiger partial charge < -0.3 is 19.7 Å². The highest BCUT2D eigenvalue weighted by molar-refractivity contribution is 6.07. The number of aromatic nitrogens is 2. The van der Waals surface area contributed by atoms with E-state index in [1.807, 2.05) is 19.1 Å². The van der Waals surface area contributed by atoms with Crippen LogP contribution in [0.3, 0.4) is 0 Å². The number of carbonyl (C=O) groups excluding carboxylic acids is 2. The van der Waals surface area contributed by atoms with Crippen LogP contribution in [0.15, 0.2) is 42.6 Å². The highest BCUT2D eigenvalue weighted by Gasteiger charge is 2.23. The molecule has 4 rings (SSSR count). The summed E-state index contributed by atoms with van der Waals surface area (Å²) < 4.78 is 10.1. The molecule has 31 heavy (non-hydrogen) atoms. The first-order valence-corrected chi connectivity index (χ1v) is 9.65. The zero-order valence-electron chi connectivity index (χ0n) is 17.3. The number of methoxy groups -OCH3 is 1. The molecule has 0 spiro atoms. The number of benzene rings is 1. The molecule has 8 nitrogen and oxygen atoms in total. The van der Waals surface area contributed by atoms with Gasteiger partial charge in [0.05, 0.1) is 37.1 Å². The number of esters is 1. The van der Waals surface area contributed by atoms with Gasteiger partial charge in [-0.2, -0.15) is 0 Å². The largest absolute Gasteiger partial charge is 0.465 e. The monoisotopic (exact) mass is 442 g/mol. The van der Waals surface area contributed by atoms with Crippen LogP contribution in [0, 0.1) is 6.92 Å². The van der Waals surface area contributed by atoms with Crippen LogP contribution in [0.1, 0.15) is 26.4 Å². The van der Waals surface area contributed by atoms with E-state index in [-0.39, 0.29) is 18.3 Å². The fourth-order valence-corrected chi connectivity index (χ4v) is 3.36. The SMILES string of the molecule is COC(=O)c1ccc(Nc2c(C(=O)N3CCOCC3)cnc3nc(C)ccc23)cc1.Cl. The van der Waals surface area contributed by atoms with Crippen molar-refractivity contribution in [3.63, 3.8) is 0 Å². The number of nitrogens with zero attached hydrogens (tertiary/aromatic N) is 3. The number of nitrogens with one attached hydrogen (secondary N) is 1. The van der Waals surface area contributed by atoms with Crippen molar-refractivity contribution in [2.24, 2.45) is 0 Å². The van der Waals surface area contributed by atoms with Crippen molar-refractivity contribution in [2.45, 2.75) is 6.92 Å². The molecule has 3 aromatic rings. The lowest BCUT2D eigenvalue weighted by Crippen LogP contribution is -2.41. The minimum absolute atomic E-state index is 0. The first-order valence-electron chi connectivity index (χ1n) is 9.65. The molecule has 0 saturated carbocycles. The number of amides is 1. The molecule has 0 bridgehead atoms. The molecule has 0 atom stereocenters. The standard InChI is InChI=1S/C22H22N4O4.ClH/c1-14-3-8-17-19(25-16-6-4-15(5-7-16)22(28)29-2)18(13-23-20(17)24-14)21(27)26-9-11-30-12-10-26;/h3-8,13H,9-12H2,1-2H3,(H,23,24,25);1H. The Bertz CT molecular complexity index is 1100. The first kappa shape index (κ1) is 22.5. The van der Waals surface area contributed by atoms with E-state index >= 15 is 0 Å². The third kappa shape index (κ3) is 4.76. The number of carbonyl (C=O) groups is 2. The van der Waals surface area contributed by atoms with Crippen LogP contribution >= 0.6 is 12.4 Å². The number of hydrogen-bond donors (Lipinski definition) is 1. The van der Waals surface area contributed by atoms with E-state index in [1.165, 1.54) is 7.11 Å². The second kappa shape index (κ2) is 9.72. The first-order chi connectivity index (χ1) is 14.6. The van der Waals surface area contributed by atoms with Gasteiger partial charge in [-0.3, -0.25) is 4.79 Å². The number of ether oxygens (including phenoxy) is 2. The molecule has 9 heteroatoms. The molecule has 162 valence electrons. The number of fused-ring (bicyclic) bond motifs is 1. The predicted molar refractivity (Wildman–Crippen MR) is 119 cm³/mol. The molecule has 2 aromatic heterocycles. The Hall–Kier alpha value is -3.23. The maximum absolute atomic E-state index is 13.2. The minimum Gasteiger partial charge on any atom is -0.465 e. The fourth-order valence-electron chi connectivity index (χ4n) is 3.36. The lowest BCUT2D eigenvalue weighted by atomic mass is 10.1. The Morgan fingerprint density at radius 2 is 1.81 bits per heavy atom. The quantitative estimate of drug-likeness (QED) is 0.619. The van der Waals surface area contributed by atoms with Gasteiger partial charge in [0.2, 0.25) is 0 Å². The van der Waals surface area contributed by atoms with Gasteiger partial charge in [0.25, 0.3) is 5.91 Å². The topological polar surface area (TPSA) is 93.7 Å². The molecule has 1 aliphatic rings. The van der Waals surface area contributed by atoms with Crippen molar-refractivity contribution in [1.82, 2.24) is 14.9 Å². The van der Waals surface area contributed by atoms with Crippen LogP contribution in [-0.4, -0.2) is 60.2 Å². The minimum atomic E-state index is -0.404. The van der Waals surface area contributed by atoms with Gasteiger partial charge in [0, 0.05) is 36.1 Å². The van der Waals surface area contributed by atoms with Gasteiger partial charge in [0.1, 0.15) is 0 Å². The molecule has 0 aliphatic carbocycles. The smallest absolute Gasteiger partial charge is 0.337 e. The summed E-state index contributed by atoms with van der Waals surface area (Å²) in [6, 6.07) is 10.7. The Balaban J connectivity index is 0.00000272. The lowest BCUT2D eigenvalue weighted by molar-refractivity contribution is 0.0303. The average molecular weight is 443 g/mol. The van der Waals surface area contributed by atoms with Crippen molar-refractivity contribution in [1.29, 1.82) is 0 Å². The number of morpholine rings is 1. The Labute approximate surface area is 186 Å². The summed E-state index contributed by atoms with van der Waals surface area (Å²) >= 11 is 0. The number of rotatable bonds is 4. The second-order valence-corrected chi connectivity index (χ2v) is 6.97. The van der Waals surface area contributed by atoms with E-state index in [4.69, 9.17) is 9.47 Å². The lowest BCUT2D eigenvalue weighted by Gasteiger charge is -2.27. The Kier molecular flexibility index (Phi) is 7.04. The zero-order chi connectivity index (χ0) is 21.1. The summed E-state index contributed by atoms with van der Waals surface area (Å²) in [6.07, 6.45) is 1.57. The molecular formula is C22H23ClN4O4. The Morgan fingerprint density at radius 1 is 1.10 bits per heavy atom. The van der Waals surface area contributed by atoms with Gasteiger partial charge in [-0.15, -0.1) is 12.4 Å². The van der Waals surface area contributed by atoms with Crippen molar-refractivity contribution in [3.05, 3.63) is 59.4 Å². The van der Waals surface area contributed by atoms with E-state index in [0.29, 0.717) is 48.8 Å². The molecule has 1 aliphatic heterocycles. The summed E-state index contributed by atoms with van der Waals surface area (Å²) in [4.78, 5) is 35.6. The van der Waals surface area contributed by atoms with Crippen LogP contribution in [0.5, 0.6) is 0 Å². The van der Waals surface area contributed by atoms with Crippen LogP contribution in [0.25, 0.3) is 11.0 Å². The summed E-state index contributed by atoms with van der Waals surface area (Å²) in [6.45, 7) is 4.01. The van der Waals surface area contributed by atoms with Crippen molar-refractivity contribution < 1.29 is 19.1 Å². The maximum atomic E-state index is 13.2. The number of hydrogen-bond acceptors (Lipinski definition) is 7. The maximum Gasteiger partial charge on any atom is 0.337 e. The van der Waals surface area contributed by atoms with Gasteiger partial charge >= 0.3 is 5.97 Å². The molecule has 1 amide bonds. The molecular weight excluding hydrogens is 420 g/mol. The molecule has 1 saturated heterocycles. The van der Waals surface area contributed by atoms with Crippen LogP contribution < -0.4 is 5.32 Å². The Morgan fingerprint density at radius 3 is 2.48 bits per heavy atom. The normalized spacial score (nSPS) is 13.4. The van der Waals surface area contributed by atoms with Crippen LogP contribution in [-0.2, 0) is 9.47 Å². The zero-order valence-corrected chi connectivity index (χ0v) is 18.1. The average Bonchev–Trinajstić information content (AvgIpc) is 2.79. The third-order valence-corrected chi connectivity index (χ3v) is 4.97. The van der Waals surface area contributed by atoms with Gasteiger partial charge in [-0.1, -0.05) is 0 Å². The molecule has 0 unspecified atom stereocenters. The van der Waals surface area contributed by atoms with Gasteiger partial charge in [-0.05, 0) is 43.3 Å². The van der Waals surface area contributed by atoms with Crippen molar-refractivity contribution in [2.75, 3.05) is 38.7 Å². The van der Waals surface area contributed by atoms with E-state index in [2.05, 4.69) is 15.3 Å². The van der Waals surface area contributed by atoms with Gasteiger partial charge in [0.15, 0.2) is 5.65 Å². The molecule has 0 radical (unpaired) electrons. The number of aryl methyl sites for hydroxylation is 1. The number of pyridine rings is 2. The number of anilines is 2. The highest BCUT2D eigenvalue weighted by atomic mass is 35.5. The van der Waals surface area contributed by atoms with Gasteiger partial charge in [-0.25, -0.2) is 14.8 Å². The third-order valence-electron chi connectivity index (χ3n) is 4.97. The van der Waals surface area contributed by atoms with E-state index in [0.717, 1.165) is 16.8 Å². The van der Waals surface area contributed by atoms with Crippen LogP contribution in [0.4, 0.5) is 11.4 Å². The van der Waals surface area contributed by atoms with Crippen LogP contribution in [0.2, 0.25) is 0 Å². The summed E-state index contributed by atoms with van der Waals surface area (Å²) in [5.41, 5.74) is 3.68. The van der Waals surface area contributed by atoms with Crippen molar-refractivity contribution in [3.8, 4) is 0 Å². The molecule has 1 fully saturated rings. The number of halogens is 1. The summed E-state index contributed by atoms with van der Waals surface area (Å²) in [5, 5.41) is 4.08. The van der Waals surface area contributed by atoms with E-state index < -0.39 is 5.97 Å². The summed E-state index contributed by atoms with van der Waals surface area (Å²) in [5.74, 6) is -0.513. The van der Waals surface area contributed by atoms with E-state index in [1.54, 1.807) is 35.4 Å². The predicted octanol–water partition coefficient (Wildman–Crippen LogP) is 3.36. The molecule has 3 heterocycles. The second-order valence-electron chi connectivity index (χ2n) is 6.97. The van der Waals surface area contributed by atoms with E-state index in [9.17, 15) is 9.59 Å². The highest BCUT2D eigenvalue weighted by Crippen LogP contribution is 2.30. The summed E-state index contributed by atoms with van der Waals surface area (Å²) in [7, 11) is 1.34. The molecule has 1 aromatic carbocycles.